The molecule has 0 bridgehead atoms. The SMILES string of the molecule is CNS(=O)(=O)c1ccc(CNC(C)CNC(=O)OC(C)(C)C)o1. The van der Waals surface area contributed by atoms with Crippen molar-refractivity contribution in [2.24, 2.45) is 0 Å². The van der Waals surface area contributed by atoms with Crippen molar-refractivity contribution < 1.29 is 22.4 Å². The van der Waals surface area contributed by atoms with E-state index in [0.717, 1.165) is 0 Å². The average Bonchev–Trinajstić information content (AvgIpc) is 2.90. The van der Waals surface area contributed by atoms with E-state index >= 15 is 0 Å². The van der Waals surface area contributed by atoms with E-state index in [2.05, 4.69) is 15.4 Å². The third-order valence-corrected chi connectivity index (χ3v) is 4.03. The third kappa shape index (κ3) is 7.02. The zero-order valence-corrected chi connectivity index (χ0v) is 14.9. The van der Waals surface area contributed by atoms with Crippen LogP contribution in [0.2, 0.25) is 0 Å². The van der Waals surface area contributed by atoms with Gasteiger partial charge in [-0.25, -0.2) is 17.9 Å². The lowest BCUT2D eigenvalue weighted by Gasteiger charge is -2.21. The molecule has 8 nitrogen and oxygen atoms in total. The first-order chi connectivity index (χ1) is 10.5. The Morgan fingerprint density at radius 3 is 2.57 bits per heavy atom. The van der Waals surface area contributed by atoms with E-state index in [1.165, 1.54) is 13.1 Å². The van der Waals surface area contributed by atoms with Gasteiger partial charge < -0.3 is 19.8 Å². The fourth-order valence-electron chi connectivity index (χ4n) is 1.60. The molecule has 23 heavy (non-hydrogen) atoms. The first-order valence-corrected chi connectivity index (χ1v) is 8.74. The van der Waals surface area contributed by atoms with Gasteiger partial charge in [-0.15, -0.1) is 0 Å². The van der Waals surface area contributed by atoms with E-state index in [9.17, 15) is 13.2 Å². The van der Waals surface area contributed by atoms with E-state index in [4.69, 9.17) is 9.15 Å². The number of alkyl carbamates (subject to hydrolysis) is 1. The number of sulfonamides is 1. The lowest BCUT2D eigenvalue weighted by atomic mass is 10.2. The quantitative estimate of drug-likeness (QED) is 0.683. The van der Waals surface area contributed by atoms with Gasteiger partial charge in [-0.3, -0.25) is 0 Å². The van der Waals surface area contributed by atoms with Crippen LogP contribution in [-0.4, -0.2) is 39.7 Å². The minimum Gasteiger partial charge on any atom is -0.447 e. The summed E-state index contributed by atoms with van der Waals surface area (Å²) in [5.74, 6) is 0.489. The van der Waals surface area contributed by atoms with Crippen molar-refractivity contribution in [3.05, 3.63) is 17.9 Å². The van der Waals surface area contributed by atoms with Crippen molar-refractivity contribution in [1.29, 1.82) is 0 Å². The molecule has 0 fully saturated rings. The van der Waals surface area contributed by atoms with Crippen LogP contribution in [0.5, 0.6) is 0 Å². The van der Waals surface area contributed by atoms with Crippen LogP contribution in [0.15, 0.2) is 21.6 Å². The van der Waals surface area contributed by atoms with Gasteiger partial charge in [0, 0.05) is 12.6 Å². The molecule has 0 aliphatic heterocycles. The summed E-state index contributed by atoms with van der Waals surface area (Å²) >= 11 is 0. The van der Waals surface area contributed by atoms with Crippen molar-refractivity contribution in [3.63, 3.8) is 0 Å². The Bertz CT molecular complexity index is 619. The smallest absolute Gasteiger partial charge is 0.407 e. The highest BCUT2D eigenvalue weighted by molar-refractivity contribution is 7.89. The van der Waals surface area contributed by atoms with E-state index in [1.54, 1.807) is 26.8 Å². The zero-order chi connectivity index (χ0) is 17.7. The van der Waals surface area contributed by atoms with Crippen molar-refractivity contribution in [2.45, 2.75) is 51.0 Å². The highest BCUT2D eigenvalue weighted by atomic mass is 32.2. The van der Waals surface area contributed by atoms with Crippen molar-refractivity contribution >= 4 is 16.1 Å². The zero-order valence-electron chi connectivity index (χ0n) is 14.1. The Kier molecular flexibility index (Phi) is 6.60. The Morgan fingerprint density at radius 2 is 2.00 bits per heavy atom. The molecule has 1 rings (SSSR count). The largest absolute Gasteiger partial charge is 0.447 e. The van der Waals surface area contributed by atoms with Crippen molar-refractivity contribution in [3.8, 4) is 0 Å². The number of hydrogen-bond donors (Lipinski definition) is 3. The summed E-state index contributed by atoms with van der Waals surface area (Å²) in [5, 5.41) is 5.65. The van der Waals surface area contributed by atoms with Gasteiger partial charge in [0.25, 0.3) is 10.0 Å². The average molecular weight is 347 g/mol. The second-order valence-electron chi connectivity index (χ2n) is 6.09. The summed E-state index contributed by atoms with van der Waals surface area (Å²) in [4.78, 5) is 11.5. The second-order valence-corrected chi connectivity index (χ2v) is 7.91. The predicted molar refractivity (Wildman–Crippen MR) is 85.5 cm³/mol. The van der Waals surface area contributed by atoms with Crippen LogP contribution in [0.4, 0.5) is 4.79 Å². The Morgan fingerprint density at radius 1 is 1.35 bits per heavy atom. The molecule has 1 atom stereocenters. The van der Waals surface area contributed by atoms with Gasteiger partial charge in [-0.2, -0.15) is 0 Å². The molecular weight excluding hydrogens is 322 g/mol. The van der Waals surface area contributed by atoms with Gasteiger partial charge in [-0.1, -0.05) is 0 Å². The number of nitrogens with one attached hydrogen (secondary N) is 3. The molecule has 1 aromatic heterocycles. The fraction of sp³-hybridized carbons (Fsp3) is 0.643. The summed E-state index contributed by atoms with van der Waals surface area (Å²) in [6, 6.07) is 2.94. The number of rotatable bonds is 7. The molecule has 3 N–H and O–H groups in total. The fourth-order valence-corrected chi connectivity index (χ4v) is 2.26. The minimum absolute atomic E-state index is 0.0445. The molecular formula is C14H25N3O5S. The monoisotopic (exact) mass is 347 g/mol. The number of amides is 1. The normalized spacial score (nSPS) is 13.6. The van der Waals surface area contributed by atoms with Gasteiger partial charge in [0.15, 0.2) is 0 Å². The van der Waals surface area contributed by atoms with Gasteiger partial charge in [-0.05, 0) is 46.9 Å². The summed E-state index contributed by atoms with van der Waals surface area (Å²) in [7, 11) is -2.25. The molecule has 1 aromatic rings. The maximum atomic E-state index is 11.6. The van der Waals surface area contributed by atoms with E-state index in [1.807, 2.05) is 6.92 Å². The number of hydrogen-bond acceptors (Lipinski definition) is 6. The van der Waals surface area contributed by atoms with Crippen LogP contribution in [0.3, 0.4) is 0 Å². The highest BCUT2D eigenvalue weighted by Crippen LogP contribution is 2.13. The lowest BCUT2D eigenvalue weighted by molar-refractivity contribution is 0.0523. The summed E-state index contributed by atoms with van der Waals surface area (Å²) in [5.41, 5.74) is -0.538. The van der Waals surface area contributed by atoms with Gasteiger partial charge in [0.1, 0.15) is 11.4 Å². The molecule has 0 radical (unpaired) electrons. The number of carbonyl (C=O) groups excluding carboxylic acids is 1. The first kappa shape index (κ1) is 19.5. The van der Waals surface area contributed by atoms with Crippen LogP contribution in [0.1, 0.15) is 33.5 Å². The van der Waals surface area contributed by atoms with Crippen molar-refractivity contribution in [2.75, 3.05) is 13.6 Å². The number of furan rings is 1. The molecule has 1 amide bonds. The first-order valence-electron chi connectivity index (χ1n) is 7.26. The Balaban J connectivity index is 2.39. The third-order valence-electron chi connectivity index (χ3n) is 2.75. The topological polar surface area (TPSA) is 110 Å². The van der Waals surface area contributed by atoms with Crippen LogP contribution in [0.25, 0.3) is 0 Å². The maximum Gasteiger partial charge on any atom is 0.407 e. The summed E-state index contributed by atoms with van der Waals surface area (Å²) in [6.07, 6.45) is -0.480. The number of ether oxygens (including phenoxy) is 1. The van der Waals surface area contributed by atoms with Crippen LogP contribution in [-0.2, 0) is 21.3 Å². The van der Waals surface area contributed by atoms with Crippen LogP contribution >= 0.6 is 0 Å². The summed E-state index contributed by atoms with van der Waals surface area (Å²) in [6.45, 7) is 7.98. The van der Waals surface area contributed by atoms with E-state index in [-0.39, 0.29) is 11.1 Å². The molecule has 0 saturated carbocycles. The molecule has 0 aliphatic rings. The van der Waals surface area contributed by atoms with Crippen LogP contribution in [0, 0.1) is 0 Å². The lowest BCUT2D eigenvalue weighted by Crippen LogP contribution is -2.40. The molecule has 1 heterocycles. The highest BCUT2D eigenvalue weighted by Gasteiger charge is 2.18. The van der Waals surface area contributed by atoms with Crippen LogP contribution < -0.4 is 15.4 Å². The molecule has 0 aliphatic carbocycles. The molecule has 0 aromatic carbocycles. The number of carbonyl (C=O) groups is 1. The van der Waals surface area contributed by atoms with E-state index in [0.29, 0.717) is 18.8 Å². The minimum atomic E-state index is -3.57. The molecule has 132 valence electrons. The molecule has 0 saturated heterocycles. The molecule has 1 unspecified atom stereocenters. The van der Waals surface area contributed by atoms with Gasteiger partial charge >= 0.3 is 6.09 Å². The van der Waals surface area contributed by atoms with E-state index < -0.39 is 21.7 Å². The Labute approximate surface area is 137 Å². The second kappa shape index (κ2) is 7.80. The standard InChI is InChI=1S/C14H25N3O5S/c1-10(8-17-13(18)22-14(2,3)4)16-9-11-6-7-12(21-11)23(19,20)15-5/h6-7,10,15-16H,8-9H2,1-5H3,(H,17,18). The van der Waals surface area contributed by atoms with Crippen molar-refractivity contribution in [1.82, 2.24) is 15.4 Å². The Hall–Kier alpha value is -1.58. The predicted octanol–water partition coefficient (Wildman–Crippen LogP) is 1.19. The molecule has 9 heteroatoms. The summed E-state index contributed by atoms with van der Waals surface area (Å²) < 4.78 is 35.7. The van der Waals surface area contributed by atoms with Gasteiger partial charge in [0.05, 0.1) is 6.54 Å². The molecule has 0 spiro atoms. The van der Waals surface area contributed by atoms with Gasteiger partial charge in [0.2, 0.25) is 5.09 Å². The maximum absolute atomic E-state index is 11.6.